The van der Waals surface area contributed by atoms with E-state index in [1.807, 2.05) is 43.3 Å². The number of hydrogen-bond acceptors (Lipinski definition) is 4. The molecule has 6 nitrogen and oxygen atoms in total. The van der Waals surface area contributed by atoms with Crippen molar-refractivity contribution < 1.29 is 19.4 Å². The Balaban J connectivity index is 1.49. The highest BCUT2D eigenvalue weighted by Gasteiger charge is 2.13. The number of rotatable bonds is 5. The van der Waals surface area contributed by atoms with Crippen molar-refractivity contribution in [1.82, 2.24) is 0 Å². The van der Waals surface area contributed by atoms with E-state index >= 15 is 0 Å². The zero-order valence-electron chi connectivity index (χ0n) is 17.3. The summed E-state index contributed by atoms with van der Waals surface area (Å²) in [5.41, 5.74) is 5.39. The highest BCUT2D eigenvalue weighted by Crippen LogP contribution is 2.26. The number of carboxylic acids is 1. The van der Waals surface area contributed by atoms with Crippen molar-refractivity contribution in [3.63, 3.8) is 0 Å². The summed E-state index contributed by atoms with van der Waals surface area (Å²) in [5.74, 6) is -1.15. The van der Waals surface area contributed by atoms with Crippen LogP contribution in [0.25, 0.3) is 11.1 Å². The van der Waals surface area contributed by atoms with Gasteiger partial charge in [0.25, 0.3) is 5.91 Å². The van der Waals surface area contributed by atoms with E-state index in [9.17, 15) is 9.59 Å². The van der Waals surface area contributed by atoms with Gasteiger partial charge in [-0.15, -0.1) is 0 Å². The Morgan fingerprint density at radius 2 is 1.55 bits per heavy atom. The number of carbonyl (C=O) groups is 2. The fourth-order valence-electron chi connectivity index (χ4n) is 3.65. The molecule has 0 radical (unpaired) electrons. The van der Waals surface area contributed by atoms with Crippen molar-refractivity contribution >= 4 is 23.3 Å². The van der Waals surface area contributed by atoms with Crippen LogP contribution in [0.3, 0.4) is 0 Å². The largest absolute Gasteiger partial charge is 0.478 e. The van der Waals surface area contributed by atoms with Gasteiger partial charge in [0.1, 0.15) is 0 Å². The molecular formula is C25H24N2O4. The molecule has 0 bridgehead atoms. The van der Waals surface area contributed by atoms with Gasteiger partial charge in [-0.25, -0.2) is 4.79 Å². The molecule has 1 heterocycles. The molecule has 1 saturated heterocycles. The topological polar surface area (TPSA) is 78.9 Å². The third-order valence-electron chi connectivity index (χ3n) is 5.44. The first-order chi connectivity index (χ1) is 15.0. The lowest BCUT2D eigenvalue weighted by molar-refractivity contribution is 0.0696. The third-order valence-corrected chi connectivity index (χ3v) is 5.44. The second-order valence-corrected chi connectivity index (χ2v) is 7.51. The maximum atomic E-state index is 12.8. The molecule has 1 fully saturated rings. The molecule has 1 aliphatic rings. The van der Waals surface area contributed by atoms with E-state index in [0.29, 0.717) is 5.56 Å². The number of nitrogens with one attached hydrogen (secondary N) is 1. The molecule has 3 aromatic rings. The maximum Gasteiger partial charge on any atom is 0.335 e. The van der Waals surface area contributed by atoms with Gasteiger partial charge in [0.05, 0.1) is 18.8 Å². The van der Waals surface area contributed by atoms with E-state index < -0.39 is 5.97 Å². The summed E-state index contributed by atoms with van der Waals surface area (Å²) in [5, 5.41) is 12.0. The fraction of sp³-hybridized carbons (Fsp3) is 0.200. The number of aromatic carboxylic acids is 1. The van der Waals surface area contributed by atoms with Gasteiger partial charge in [-0.3, -0.25) is 4.79 Å². The van der Waals surface area contributed by atoms with Crippen LogP contribution in [0, 0.1) is 6.92 Å². The van der Waals surface area contributed by atoms with Crippen LogP contribution < -0.4 is 10.2 Å². The molecule has 3 aromatic carbocycles. The van der Waals surface area contributed by atoms with Gasteiger partial charge in [-0.2, -0.15) is 0 Å². The number of amides is 1. The molecule has 1 amide bonds. The quantitative estimate of drug-likeness (QED) is 0.643. The third kappa shape index (κ3) is 4.75. The lowest BCUT2D eigenvalue weighted by atomic mass is 9.97. The highest BCUT2D eigenvalue weighted by atomic mass is 16.5. The molecule has 0 saturated carbocycles. The van der Waals surface area contributed by atoms with Gasteiger partial charge in [0.15, 0.2) is 0 Å². The van der Waals surface area contributed by atoms with Crippen molar-refractivity contribution in [2.75, 3.05) is 36.5 Å². The zero-order valence-corrected chi connectivity index (χ0v) is 17.3. The molecule has 158 valence electrons. The molecular weight excluding hydrogens is 392 g/mol. The Kier molecular flexibility index (Phi) is 6.00. The first kappa shape index (κ1) is 20.6. The van der Waals surface area contributed by atoms with Crippen molar-refractivity contribution in [3.8, 4) is 11.1 Å². The summed E-state index contributed by atoms with van der Waals surface area (Å²) >= 11 is 0. The Morgan fingerprint density at radius 3 is 2.19 bits per heavy atom. The Labute approximate surface area is 181 Å². The summed E-state index contributed by atoms with van der Waals surface area (Å²) in [7, 11) is 0. The number of ether oxygens (including phenoxy) is 1. The van der Waals surface area contributed by atoms with Gasteiger partial charge in [0, 0.05) is 30.0 Å². The molecule has 6 heteroatoms. The lowest BCUT2D eigenvalue weighted by Crippen LogP contribution is -2.36. The number of anilines is 2. The lowest BCUT2D eigenvalue weighted by Gasteiger charge is -2.28. The second kappa shape index (κ2) is 9.02. The van der Waals surface area contributed by atoms with E-state index in [2.05, 4.69) is 10.2 Å². The van der Waals surface area contributed by atoms with Crippen molar-refractivity contribution in [2.45, 2.75) is 6.92 Å². The van der Waals surface area contributed by atoms with Gasteiger partial charge < -0.3 is 20.1 Å². The van der Waals surface area contributed by atoms with Crippen molar-refractivity contribution in [1.29, 1.82) is 0 Å². The summed E-state index contributed by atoms with van der Waals surface area (Å²) in [6.07, 6.45) is 0. The van der Waals surface area contributed by atoms with Crippen LogP contribution in [0.2, 0.25) is 0 Å². The van der Waals surface area contributed by atoms with Crippen LogP contribution in [0.5, 0.6) is 0 Å². The minimum Gasteiger partial charge on any atom is -0.478 e. The molecule has 0 aromatic heterocycles. The molecule has 1 aliphatic heterocycles. The van der Waals surface area contributed by atoms with Crippen LogP contribution in [0.15, 0.2) is 66.7 Å². The number of benzene rings is 3. The Morgan fingerprint density at radius 1 is 0.903 bits per heavy atom. The Hall–Kier alpha value is -3.64. The molecule has 4 rings (SSSR count). The van der Waals surface area contributed by atoms with Gasteiger partial charge in [-0.1, -0.05) is 18.2 Å². The SMILES string of the molecule is Cc1ccc(C(=O)Nc2ccc(N3CCOCC3)cc2)cc1-c1ccc(C(=O)O)cc1. The van der Waals surface area contributed by atoms with E-state index in [1.165, 1.54) is 0 Å². The standard InChI is InChI=1S/C25H24N2O4/c1-17-2-3-20(16-23(17)18-4-6-19(7-5-18)25(29)30)24(28)26-21-8-10-22(11-9-21)27-12-14-31-15-13-27/h2-11,16H,12-15H2,1H3,(H,26,28)(H,29,30). The van der Waals surface area contributed by atoms with Gasteiger partial charge in [0.2, 0.25) is 0 Å². The van der Waals surface area contributed by atoms with Crippen LogP contribution in [-0.4, -0.2) is 43.3 Å². The van der Waals surface area contributed by atoms with Crippen molar-refractivity contribution in [2.24, 2.45) is 0 Å². The second-order valence-electron chi connectivity index (χ2n) is 7.51. The number of nitrogens with zero attached hydrogens (tertiary/aromatic N) is 1. The average Bonchev–Trinajstić information content (AvgIpc) is 2.80. The highest BCUT2D eigenvalue weighted by molar-refractivity contribution is 6.05. The van der Waals surface area contributed by atoms with Crippen molar-refractivity contribution in [3.05, 3.63) is 83.4 Å². The molecule has 0 atom stereocenters. The van der Waals surface area contributed by atoms with Crippen LogP contribution >= 0.6 is 0 Å². The fourth-order valence-corrected chi connectivity index (χ4v) is 3.65. The number of hydrogen-bond donors (Lipinski definition) is 2. The summed E-state index contributed by atoms with van der Waals surface area (Å²) in [4.78, 5) is 26.2. The predicted octanol–water partition coefficient (Wildman–Crippen LogP) is 4.45. The molecule has 0 aliphatic carbocycles. The monoisotopic (exact) mass is 416 g/mol. The van der Waals surface area contributed by atoms with E-state index in [0.717, 1.165) is 54.4 Å². The first-order valence-corrected chi connectivity index (χ1v) is 10.2. The molecule has 0 unspecified atom stereocenters. The normalized spacial score (nSPS) is 13.6. The summed E-state index contributed by atoms with van der Waals surface area (Å²) in [6.45, 7) is 5.16. The number of aryl methyl sites for hydroxylation is 1. The first-order valence-electron chi connectivity index (χ1n) is 10.2. The van der Waals surface area contributed by atoms with Crippen LogP contribution in [0.1, 0.15) is 26.3 Å². The minimum atomic E-state index is -0.962. The number of morpholine rings is 1. The Bertz CT molecular complexity index is 1090. The predicted molar refractivity (Wildman–Crippen MR) is 121 cm³/mol. The van der Waals surface area contributed by atoms with Crippen LogP contribution in [-0.2, 0) is 4.74 Å². The molecule has 0 spiro atoms. The van der Waals surface area contributed by atoms with Gasteiger partial charge >= 0.3 is 5.97 Å². The zero-order chi connectivity index (χ0) is 21.8. The van der Waals surface area contributed by atoms with E-state index in [1.54, 1.807) is 30.3 Å². The maximum absolute atomic E-state index is 12.8. The molecule has 31 heavy (non-hydrogen) atoms. The smallest absolute Gasteiger partial charge is 0.335 e. The van der Waals surface area contributed by atoms with E-state index in [-0.39, 0.29) is 11.5 Å². The summed E-state index contributed by atoms with van der Waals surface area (Å²) in [6, 6.07) is 20.0. The number of carboxylic acid groups (broad SMARTS) is 1. The number of carbonyl (C=O) groups excluding carboxylic acids is 1. The van der Waals surface area contributed by atoms with Crippen LogP contribution in [0.4, 0.5) is 11.4 Å². The average molecular weight is 416 g/mol. The minimum absolute atomic E-state index is 0.192. The molecule has 2 N–H and O–H groups in total. The van der Waals surface area contributed by atoms with E-state index in [4.69, 9.17) is 9.84 Å². The summed E-state index contributed by atoms with van der Waals surface area (Å²) < 4.78 is 5.39. The van der Waals surface area contributed by atoms with Gasteiger partial charge in [-0.05, 0) is 72.1 Å².